The predicted octanol–water partition coefficient (Wildman–Crippen LogP) is 6.71. The Bertz CT molecular complexity index is 454. The molecule has 120 valence electrons. The number of benzene rings is 2. The van der Waals surface area contributed by atoms with E-state index in [4.69, 9.17) is 5.73 Å². The van der Waals surface area contributed by atoms with E-state index in [9.17, 15) is 0 Å². The molecule has 0 heterocycles. The Morgan fingerprint density at radius 1 is 0.810 bits per heavy atom. The zero-order chi connectivity index (χ0) is 17.3. The summed E-state index contributed by atoms with van der Waals surface area (Å²) in [4.78, 5) is 0. The van der Waals surface area contributed by atoms with Crippen molar-refractivity contribution in [3.63, 3.8) is 0 Å². The Morgan fingerprint density at radius 2 is 1.19 bits per heavy atom. The van der Waals surface area contributed by atoms with Gasteiger partial charge in [-0.1, -0.05) is 96.1 Å². The number of hydrogen-bond acceptors (Lipinski definition) is 1. The van der Waals surface area contributed by atoms with Gasteiger partial charge < -0.3 is 5.73 Å². The van der Waals surface area contributed by atoms with Crippen LogP contribution in [0, 0.1) is 6.92 Å². The molecule has 0 saturated heterocycles. The largest absolute Gasteiger partial charge is 0.403 e. The third-order valence-electron chi connectivity index (χ3n) is 1.90. The van der Waals surface area contributed by atoms with Crippen molar-refractivity contribution in [1.82, 2.24) is 0 Å². The van der Waals surface area contributed by atoms with E-state index >= 15 is 0 Å². The van der Waals surface area contributed by atoms with Crippen LogP contribution >= 0.6 is 0 Å². The van der Waals surface area contributed by atoms with E-state index in [-0.39, 0.29) is 0 Å². The van der Waals surface area contributed by atoms with Crippen LogP contribution in [0.2, 0.25) is 0 Å². The van der Waals surface area contributed by atoms with Crippen molar-refractivity contribution < 1.29 is 0 Å². The molecule has 0 spiro atoms. The van der Waals surface area contributed by atoms with Gasteiger partial charge in [0.15, 0.2) is 0 Å². The molecule has 1 nitrogen and oxygen atoms in total. The fourth-order valence-electron chi connectivity index (χ4n) is 1.31. The standard InChI is InChI=1S/C11H10.C3H7N.3C2H6/c1-9-6-7-10-4-2-3-5-11(10)8-9;1-3(2)4;3*1-2/h2-8H,1H3;1,4H2,2H3;3*1-2H3. The van der Waals surface area contributed by atoms with Crippen LogP contribution in [0.15, 0.2) is 54.7 Å². The van der Waals surface area contributed by atoms with Gasteiger partial charge in [-0.15, -0.1) is 0 Å². The topological polar surface area (TPSA) is 26.0 Å². The zero-order valence-electron chi connectivity index (χ0n) is 15.3. The number of fused-ring (bicyclic) bond motifs is 1. The van der Waals surface area contributed by atoms with Crippen molar-refractivity contribution >= 4 is 10.8 Å². The first kappa shape index (κ1) is 24.3. The maximum atomic E-state index is 4.92. The molecule has 0 aliphatic carbocycles. The van der Waals surface area contributed by atoms with Gasteiger partial charge in [0, 0.05) is 0 Å². The average molecular weight is 290 g/mol. The second kappa shape index (κ2) is 18.2. The minimum atomic E-state index is 0.667. The summed E-state index contributed by atoms with van der Waals surface area (Å²) in [5, 5.41) is 2.64. The number of aryl methyl sites for hydroxylation is 1. The average Bonchev–Trinajstić information content (AvgIpc) is 2.52. The molecule has 2 aromatic rings. The summed E-state index contributed by atoms with van der Waals surface area (Å²) in [5.41, 5.74) is 6.91. The van der Waals surface area contributed by atoms with Crippen molar-refractivity contribution in [2.24, 2.45) is 5.73 Å². The normalized spacial score (nSPS) is 7.43. The van der Waals surface area contributed by atoms with E-state index in [0.717, 1.165) is 0 Å². The van der Waals surface area contributed by atoms with Gasteiger partial charge in [0.2, 0.25) is 0 Å². The molecule has 0 unspecified atom stereocenters. The van der Waals surface area contributed by atoms with Crippen molar-refractivity contribution in [2.45, 2.75) is 55.4 Å². The lowest BCUT2D eigenvalue weighted by Crippen LogP contribution is -1.83. The van der Waals surface area contributed by atoms with E-state index in [1.54, 1.807) is 6.92 Å². The van der Waals surface area contributed by atoms with Crippen LogP contribution in [-0.4, -0.2) is 0 Å². The summed E-state index contributed by atoms with van der Waals surface area (Å²) in [6, 6.07) is 14.9. The summed E-state index contributed by atoms with van der Waals surface area (Å²) in [6.45, 7) is 19.2. The van der Waals surface area contributed by atoms with Crippen molar-refractivity contribution in [3.8, 4) is 0 Å². The molecule has 2 N–H and O–H groups in total. The van der Waals surface area contributed by atoms with E-state index < -0.39 is 0 Å². The van der Waals surface area contributed by atoms with Crippen LogP contribution in [0.25, 0.3) is 10.8 Å². The van der Waals surface area contributed by atoms with Gasteiger partial charge in [-0.25, -0.2) is 0 Å². The Kier molecular flexibility index (Phi) is 21.1. The molecule has 21 heavy (non-hydrogen) atoms. The van der Waals surface area contributed by atoms with Crippen molar-refractivity contribution in [3.05, 3.63) is 60.3 Å². The van der Waals surface area contributed by atoms with Crippen LogP contribution in [0.4, 0.5) is 0 Å². The molecule has 0 bridgehead atoms. The van der Waals surface area contributed by atoms with Gasteiger partial charge in [-0.3, -0.25) is 0 Å². The smallest absolute Gasteiger partial charge is 0.00242 e. The maximum Gasteiger partial charge on any atom is -0.00242 e. The summed E-state index contributed by atoms with van der Waals surface area (Å²) in [6.07, 6.45) is 0. The van der Waals surface area contributed by atoms with Crippen molar-refractivity contribution in [2.75, 3.05) is 0 Å². The molecule has 2 rings (SSSR count). The minimum Gasteiger partial charge on any atom is -0.403 e. The van der Waals surface area contributed by atoms with Gasteiger partial charge in [-0.05, 0) is 30.3 Å². The number of hydrogen-bond donors (Lipinski definition) is 1. The highest BCUT2D eigenvalue weighted by molar-refractivity contribution is 5.82. The summed E-state index contributed by atoms with van der Waals surface area (Å²) in [7, 11) is 0. The second-order valence-corrected chi connectivity index (χ2v) is 3.70. The van der Waals surface area contributed by atoms with E-state index in [0.29, 0.717) is 5.70 Å². The first-order chi connectivity index (χ1) is 10.1. The van der Waals surface area contributed by atoms with Crippen LogP contribution in [0.5, 0.6) is 0 Å². The summed E-state index contributed by atoms with van der Waals surface area (Å²) in [5.74, 6) is 0. The van der Waals surface area contributed by atoms with Gasteiger partial charge in [0.05, 0.1) is 0 Å². The molecule has 0 aliphatic rings. The van der Waals surface area contributed by atoms with Crippen LogP contribution in [0.1, 0.15) is 54.0 Å². The molecule has 0 atom stereocenters. The van der Waals surface area contributed by atoms with Crippen LogP contribution in [-0.2, 0) is 0 Å². The molecule has 1 heteroatoms. The molecular weight excluding hydrogens is 254 g/mol. The Morgan fingerprint density at radius 3 is 1.62 bits per heavy atom. The monoisotopic (exact) mass is 289 g/mol. The van der Waals surface area contributed by atoms with Gasteiger partial charge in [-0.2, -0.15) is 0 Å². The molecule has 0 fully saturated rings. The molecule has 0 aliphatic heterocycles. The molecule has 2 aromatic carbocycles. The van der Waals surface area contributed by atoms with Crippen LogP contribution in [0.3, 0.4) is 0 Å². The Labute approximate surface area is 132 Å². The highest BCUT2D eigenvalue weighted by Crippen LogP contribution is 2.14. The lowest BCUT2D eigenvalue weighted by molar-refractivity contribution is 1.34. The van der Waals surface area contributed by atoms with Gasteiger partial charge in [0.25, 0.3) is 0 Å². The lowest BCUT2D eigenvalue weighted by atomic mass is 10.1. The molecule has 0 saturated carbocycles. The molecule has 0 amide bonds. The fourth-order valence-corrected chi connectivity index (χ4v) is 1.31. The first-order valence-corrected chi connectivity index (χ1v) is 7.96. The predicted molar refractivity (Wildman–Crippen MR) is 102 cm³/mol. The first-order valence-electron chi connectivity index (χ1n) is 7.96. The molecule has 0 aromatic heterocycles. The van der Waals surface area contributed by atoms with E-state index in [1.165, 1.54) is 16.3 Å². The third-order valence-corrected chi connectivity index (χ3v) is 1.90. The lowest BCUT2D eigenvalue weighted by Gasteiger charge is -1.96. The maximum absolute atomic E-state index is 4.92. The number of nitrogens with two attached hydrogens (primary N) is 1. The zero-order valence-corrected chi connectivity index (χ0v) is 15.3. The van der Waals surface area contributed by atoms with Gasteiger partial charge in [0.1, 0.15) is 0 Å². The van der Waals surface area contributed by atoms with Crippen molar-refractivity contribution in [1.29, 1.82) is 0 Å². The van der Waals surface area contributed by atoms with E-state index in [1.807, 2.05) is 41.5 Å². The Hall–Kier alpha value is -1.76. The Balaban J connectivity index is -0.000000276. The minimum absolute atomic E-state index is 0.667. The summed E-state index contributed by atoms with van der Waals surface area (Å²) < 4.78 is 0. The number of rotatable bonds is 0. The highest BCUT2D eigenvalue weighted by atomic mass is 14.5. The summed E-state index contributed by atoms with van der Waals surface area (Å²) >= 11 is 0. The fraction of sp³-hybridized carbons (Fsp3) is 0.400. The second-order valence-electron chi connectivity index (χ2n) is 3.70. The number of allylic oxidation sites excluding steroid dienone is 1. The van der Waals surface area contributed by atoms with E-state index in [2.05, 4.69) is 56.0 Å². The molecule has 0 radical (unpaired) electrons. The SMILES string of the molecule is C=C(C)N.CC.CC.CC.Cc1ccc2ccccc2c1. The quantitative estimate of drug-likeness (QED) is 0.573. The van der Waals surface area contributed by atoms with Gasteiger partial charge >= 0.3 is 0 Å². The third kappa shape index (κ3) is 14.5. The highest BCUT2D eigenvalue weighted by Gasteiger charge is 1.89. The molecular formula is C20H35N. The van der Waals surface area contributed by atoms with Crippen LogP contribution < -0.4 is 5.73 Å².